The molecule has 1 aliphatic rings. The van der Waals surface area contributed by atoms with Crippen molar-refractivity contribution >= 4 is 6.09 Å². The van der Waals surface area contributed by atoms with Crippen molar-refractivity contribution in [2.75, 3.05) is 19.6 Å². The lowest BCUT2D eigenvalue weighted by atomic mass is 10.1. The minimum atomic E-state index is -0.513. The molecule has 2 aromatic rings. The molecule has 1 aliphatic heterocycles. The molecule has 0 radical (unpaired) electrons. The molecule has 0 saturated heterocycles. The van der Waals surface area contributed by atoms with Crippen LogP contribution in [0, 0.1) is 0 Å². The zero-order chi connectivity index (χ0) is 18.7. The third-order valence-electron chi connectivity index (χ3n) is 4.00. The number of ether oxygens (including phenoxy) is 1. The minimum Gasteiger partial charge on any atom is -0.461 e. The first-order valence-corrected chi connectivity index (χ1v) is 8.67. The summed E-state index contributed by atoms with van der Waals surface area (Å²) in [7, 11) is 0. The van der Waals surface area contributed by atoms with E-state index >= 15 is 0 Å². The van der Waals surface area contributed by atoms with E-state index in [1.807, 2.05) is 20.8 Å². The number of carbonyl (C=O) groups is 1. The van der Waals surface area contributed by atoms with E-state index in [0.717, 1.165) is 17.8 Å². The van der Waals surface area contributed by atoms with E-state index < -0.39 is 11.7 Å². The molecule has 0 fully saturated rings. The molecule has 2 aromatic heterocycles. The molecule has 1 amide bonds. The van der Waals surface area contributed by atoms with E-state index in [2.05, 4.69) is 20.2 Å². The number of hydrogen-bond donors (Lipinski definition) is 2. The van der Waals surface area contributed by atoms with Gasteiger partial charge in [-0.1, -0.05) is 0 Å². The molecule has 0 saturated carbocycles. The second-order valence-electron chi connectivity index (χ2n) is 7.27. The number of aromatic amines is 1. The van der Waals surface area contributed by atoms with Crippen LogP contribution >= 0.6 is 0 Å². The largest absolute Gasteiger partial charge is 0.461 e. The number of alkyl carbamates (subject to hydrolysis) is 1. The Bertz CT molecular complexity index is 821. The molecule has 140 valence electrons. The average molecular weight is 360 g/mol. The van der Waals surface area contributed by atoms with Crippen LogP contribution in [0.2, 0.25) is 0 Å². The summed E-state index contributed by atoms with van der Waals surface area (Å²) in [6, 6.07) is 3.51. The average Bonchev–Trinajstić information content (AvgIpc) is 3.07. The smallest absolute Gasteiger partial charge is 0.407 e. The maximum absolute atomic E-state index is 12.3. The summed E-state index contributed by atoms with van der Waals surface area (Å²) in [6.45, 7) is 7.91. The topological polar surface area (TPSA) is 100 Å². The minimum absolute atomic E-state index is 0.118. The molecule has 8 heteroatoms. The number of hydrogen-bond acceptors (Lipinski definition) is 6. The summed E-state index contributed by atoms with van der Waals surface area (Å²) < 4.78 is 10.5. The monoisotopic (exact) mass is 360 g/mol. The zero-order valence-corrected chi connectivity index (χ0v) is 15.3. The van der Waals surface area contributed by atoms with Gasteiger partial charge in [0.25, 0.3) is 5.56 Å². The molecule has 0 atom stereocenters. The fraction of sp³-hybridized carbons (Fsp3) is 0.500. The van der Waals surface area contributed by atoms with Crippen molar-refractivity contribution in [2.24, 2.45) is 0 Å². The Morgan fingerprint density at radius 2 is 2.27 bits per heavy atom. The van der Waals surface area contributed by atoms with E-state index in [1.54, 1.807) is 18.4 Å². The van der Waals surface area contributed by atoms with E-state index in [4.69, 9.17) is 9.15 Å². The first-order valence-electron chi connectivity index (χ1n) is 8.67. The molecule has 0 aliphatic carbocycles. The van der Waals surface area contributed by atoms with Gasteiger partial charge in [0.2, 0.25) is 0 Å². The molecule has 0 unspecified atom stereocenters. The lowest BCUT2D eigenvalue weighted by molar-refractivity contribution is 0.0521. The van der Waals surface area contributed by atoms with Gasteiger partial charge in [-0.3, -0.25) is 9.69 Å². The number of nitrogens with one attached hydrogen (secondary N) is 2. The summed E-state index contributed by atoms with van der Waals surface area (Å²) in [6.07, 6.45) is 1.75. The second-order valence-corrected chi connectivity index (χ2v) is 7.27. The Labute approximate surface area is 151 Å². The van der Waals surface area contributed by atoms with Gasteiger partial charge in [0.15, 0.2) is 11.6 Å². The summed E-state index contributed by atoms with van der Waals surface area (Å²) in [5, 5.41) is 2.75. The van der Waals surface area contributed by atoms with Gasteiger partial charge in [0, 0.05) is 31.7 Å². The van der Waals surface area contributed by atoms with Crippen LogP contribution in [0.4, 0.5) is 4.79 Å². The fourth-order valence-corrected chi connectivity index (χ4v) is 2.84. The summed E-state index contributed by atoms with van der Waals surface area (Å²) in [5.74, 6) is 0.973. The molecule has 0 spiro atoms. The van der Waals surface area contributed by atoms with Crippen LogP contribution in [-0.2, 0) is 17.7 Å². The molecular formula is C18H24N4O4. The van der Waals surface area contributed by atoms with Crippen LogP contribution in [0.25, 0.3) is 11.6 Å². The molecule has 26 heavy (non-hydrogen) atoms. The number of amides is 1. The number of nitrogens with zero attached hydrogens (tertiary/aromatic N) is 2. The molecule has 0 bridgehead atoms. The van der Waals surface area contributed by atoms with Gasteiger partial charge in [-0.2, -0.15) is 0 Å². The fourth-order valence-electron chi connectivity index (χ4n) is 2.84. The number of H-pyrrole nitrogens is 1. The first kappa shape index (κ1) is 18.2. The normalized spacial score (nSPS) is 14.7. The van der Waals surface area contributed by atoms with Crippen LogP contribution in [-0.4, -0.2) is 46.2 Å². The van der Waals surface area contributed by atoms with Crippen molar-refractivity contribution in [3.05, 3.63) is 40.0 Å². The van der Waals surface area contributed by atoms with E-state index in [9.17, 15) is 9.59 Å². The van der Waals surface area contributed by atoms with Crippen LogP contribution in [0.15, 0.2) is 27.6 Å². The standard InChI is InChI=1S/C18H24N4O4/c1-18(2,3)26-17(24)19-7-9-22-8-6-12-13(11-22)20-15(21-16(12)23)14-5-4-10-25-14/h4-5,10H,6-9,11H2,1-3H3,(H,19,24)(H,20,21,23). The highest BCUT2D eigenvalue weighted by Crippen LogP contribution is 2.18. The molecule has 2 N–H and O–H groups in total. The van der Waals surface area contributed by atoms with Gasteiger partial charge < -0.3 is 19.5 Å². The lowest BCUT2D eigenvalue weighted by Gasteiger charge is -2.27. The van der Waals surface area contributed by atoms with Gasteiger partial charge in [-0.15, -0.1) is 0 Å². The highest BCUT2D eigenvalue weighted by molar-refractivity contribution is 5.67. The van der Waals surface area contributed by atoms with Crippen LogP contribution < -0.4 is 10.9 Å². The maximum atomic E-state index is 12.3. The van der Waals surface area contributed by atoms with E-state index in [0.29, 0.717) is 37.6 Å². The number of rotatable bonds is 4. The Balaban J connectivity index is 1.60. The number of carbonyl (C=O) groups excluding carboxylic acids is 1. The van der Waals surface area contributed by atoms with Crippen molar-refractivity contribution in [3.63, 3.8) is 0 Å². The highest BCUT2D eigenvalue weighted by atomic mass is 16.6. The predicted molar refractivity (Wildman–Crippen MR) is 95.8 cm³/mol. The Kier molecular flexibility index (Phi) is 5.13. The Hall–Kier alpha value is -2.61. The summed E-state index contributed by atoms with van der Waals surface area (Å²) >= 11 is 0. The lowest BCUT2D eigenvalue weighted by Crippen LogP contribution is -2.41. The highest BCUT2D eigenvalue weighted by Gasteiger charge is 2.22. The van der Waals surface area contributed by atoms with Crippen LogP contribution in [0.5, 0.6) is 0 Å². The summed E-state index contributed by atoms with van der Waals surface area (Å²) in [5.41, 5.74) is 0.842. The van der Waals surface area contributed by atoms with Crippen LogP contribution in [0.1, 0.15) is 32.0 Å². The van der Waals surface area contributed by atoms with Crippen molar-refractivity contribution in [3.8, 4) is 11.6 Å². The molecular weight excluding hydrogens is 336 g/mol. The van der Waals surface area contributed by atoms with E-state index in [-0.39, 0.29) is 5.56 Å². The zero-order valence-electron chi connectivity index (χ0n) is 15.3. The third kappa shape index (κ3) is 4.51. The maximum Gasteiger partial charge on any atom is 0.407 e. The SMILES string of the molecule is CC(C)(C)OC(=O)NCCN1CCc2c(nc(-c3ccco3)[nH]c2=O)C1. The Morgan fingerprint density at radius 3 is 2.96 bits per heavy atom. The van der Waals surface area contributed by atoms with Crippen molar-refractivity contribution in [2.45, 2.75) is 39.3 Å². The van der Waals surface area contributed by atoms with Gasteiger partial charge in [0.1, 0.15) is 5.60 Å². The quantitative estimate of drug-likeness (QED) is 0.864. The molecule has 3 heterocycles. The van der Waals surface area contributed by atoms with Gasteiger partial charge in [-0.05, 0) is 39.3 Å². The third-order valence-corrected chi connectivity index (χ3v) is 4.00. The van der Waals surface area contributed by atoms with Gasteiger partial charge >= 0.3 is 6.09 Å². The number of aromatic nitrogens is 2. The molecule has 8 nitrogen and oxygen atoms in total. The van der Waals surface area contributed by atoms with Gasteiger partial charge in [-0.25, -0.2) is 9.78 Å². The second kappa shape index (κ2) is 7.33. The number of furan rings is 1. The number of fused-ring (bicyclic) bond motifs is 1. The predicted octanol–water partition coefficient (Wildman–Crippen LogP) is 1.91. The molecule has 3 rings (SSSR count). The van der Waals surface area contributed by atoms with E-state index in [1.165, 1.54) is 0 Å². The Morgan fingerprint density at radius 1 is 1.46 bits per heavy atom. The first-order chi connectivity index (χ1) is 12.3. The summed E-state index contributed by atoms with van der Waals surface area (Å²) in [4.78, 5) is 33.5. The van der Waals surface area contributed by atoms with Crippen molar-refractivity contribution in [1.82, 2.24) is 20.2 Å². The van der Waals surface area contributed by atoms with Crippen molar-refractivity contribution in [1.29, 1.82) is 0 Å². The van der Waals surface area contributed by atoms with Gasteiger partial charge in [0.05, 0.1) is 12.0 Å². The van der Waals surface area contributed by atoms with Crippen molar-refractivity contribution < 1.29 is 13.9 Å². The van der Waals surface area contributed by atoms with Crippen LogP contribution in [0.3, 0.4) is 0 Å². The molecule has 0 aromatic carbocycles.